The zero-order chi connectivity index (χ0) is 19.6. The van der Waals surface area contributed by atoms with Gasteiger partial charge in [0.05, 0.1) is 0 Å². The van der Waals surface area contributed by atoms with Crippen LogP contribution in [-0.4, -0.2) is 24.9 Å². The quantitative estimate of drug-likeness (QED) is 0.713. The fourth-order valence-electron chi connectivity index (χ4n) is 6.41. The second-order valence-electron chi connectivity index (χ2n) is 9.52. The summed E-state index contributed by atoms with van der Waals surface area (Å²) in [5.41, 5.74) is 1.15. The van der Waals surface area contributed by atoms with E-state index in [1.165, 1.54) is 24.8 Å². The Labute approximate surface area is 168 Å². The number of hydrogen-bond donors (Lipinski definition) is 2. The van der Waals surface area contributed by atoms with Gasteiger partial charge in [-0.3, -0.25) is 9.59 Å². The zero-order valence-corrected chi connectivity index (χ0v) is 17.1. The SMILES string of the molecule is CCC(CNC(=O)CCNC(=O)C12CC3CC(CC(C3)C1)C2)c1ccccc1. The van der Waals surface area contributed by atoms with Crippen molar-refractivity contribution in [3.8, 4) is 0 Å². The van der Waals surface area contributed by atoms with E-state index in [9.17, 15) is 9.59 Å². The Hall–Kier alpha value is -1.84. The molecule has 4 saturated carbocycles. The third-order valence-corrected chi connectivity index (χ3v) is 7.47. The van der Waals surface area contributed by atoms with Gasteiger partial charge in [0.1, 0.15) is 0 Å². The van der Waals surface area contributed by atoms with Crippen LogP contribution in [-0.2, 0) is 9.59 Å². The highest BCUT2D eigenvalue weighted by Crippen LogP contribution is 2.60. The van der Waals surface area contributed by atoms with Crippen molar-refractivity contribution in [3.05, 3.63) is 35.9 Å². The third-order valence-electron chi connectivity index (χ3n) is 7.47. The van der Waals surface area contributed by atoms with Crippen LogP contribution in [0.5, 0.6) is 0 Å². The van der Waals surface area contributed by atoms with Crippen LogP contribution in [0.4, 0.5) is 0 Å². The van der Waals surface area contributed by atoms with Gasteiger partial charge in [-0.15, -0.1) is 0 Å². The van der Waals surface area contributed by atoms with Crippen LogP contribution in [0.15, 0.2) is 30.3 Å². The van der Waals surface area contributed by atoms with Crippen LogP contribution in [0.1, 0.15) is 69.8 Å². The highest BCUT2D eigenvalue weighted by atomic mass is 16.2. The van der Waals surface area contributed by atoms with Crippen molar-refractivity contribution in [1.82, 2.24) is 10.6 Å². The Kier molecular flexibility index (Phi) is 5.75. The van der Waals surface area contributed by atoms with Crippen LogP contribution < -0.4 is 10.6 Å². The molecule has 0 radical (unpaired) electrons. The van der Waals surface area contributed by atoms with Crippen molar-refractivity contribution >= 4 is 11.8 Å². The van der Waals surface area contributed by atoms with E-state index >= 15 is 0 Å². The van der Waals surface area contributed by atoms with E-state index in [2.05, 4.69) is 29.7 Å². The molecule has 1 unspecified atom stereocenters. The number of nitrogens with one attached hydrogen (secondary N) is 2. The van der Waals surface area contributed by atoms with Gasteiger partial charge in [0.15, 0.2) is 0 Å². The number of carbonyl (C=O) groups is 2. The molecule has 4 fully saturated rings. The van der Waals surface area contributed by atoms with E-state index in [1.54, 1.807) is 0 Å². The standard InChI is InChI=1S/C24H34N2O2/c1-2-20(21-6-4-3-5-7-21)16-26-22(27)8-9-25-23(28)24-13-17-10-18(14-24)12-19(11-17)15-24/h3-7,17-20H,2,8-16H2,1H3,(H,25,28)(H,26,27). The van der Waals surface area contributed by atoms with Crippen molar-refractivity contribution in [2.75, 3.05) is 13.1 Å². The first-order valence-electron chi connectivity index (χ1n) is 11.2. The third kappa shape index (κ3) is 4.11. The Morgan fingerprint density at radius 1 is 1.00 bits per heavy atom. The van der Waals surface area contributed by atoms with Gasteiger partial charge in [-0.2, -0.15) is 0 Å². The molecule has 4 nitrogen and oxygen atoms in total. The van der Waals surface area contributed by atoms with Gasteiger partial charge in [-0.25, -0.2) is 0 Å². The summed E-state index contributed by atoms with van der Waals surface area (Å²) < 4.78 is 0. The molecule has 0 aromatic heterocycles. The molecular formula is C24H34N2O2. The summed E-state index contributed by atoms with van der Waals surface area (Å²) in [5, 5.41) is 6.16. The molecule has 2 amide bonds. The van der Waals surface area contributed by atoms with Gasteiger partial charge >= 0.3 is 0 Å². The Bertz CT molecular complexity index is 665. The largest absolute Gasteiger partial charge is 0.355 e. The van der Waals surface area contributed by atoms with Crippen molar-refractivity contribution < 1.29 is 9.59 Å². The van der Waals surface area contributed by atoms with Gasteiger partial charge in [0.25, 0.3) is 0 Å². The summed E-state index contributed by atoms with van der Waals surface area (Å²) in [6, 6.07) is 10.3. The van der Waals surface area contributed by atoms with E-state index in [4.69, 9.17) is 0 Å². The summed E-state index contributed by atoms with van der Waals surface area (Å²) in [4.78, 5) is 25.2. The zero-order valence-electron chi connectivity index (χ0n) is 17.1. The number of rotatable bonds is 8. The molecule has 152 valence electrons. The number of hydrogen-bond acceptors (Lipinski definition) is 2. The Balaban J connectivity index is 1.21. The predicted octanol–water partition coefficient (Wildman–Crippen LogP) is 4.02. The second kappa shape index (κ2) is 8.26. The smallest absolute Gasteiger partial charge is 0.226 e. The molecule has 1 atom stereocenters. The minimum Gasteiger partial charge on any atom is -0.355 e. The lowest BCUT2D eigenvalue weighted by atomic mass is 9.49. The van der Waals surface area contributed by atoms with Crippen LogP contribution in [0.25, 0.3) is 0 Å². The lowest BCUT2D eigenvalue weighted by Gasteiger charge is -2.55. The molecule has 28 heavy (non-hydrogen) atoms. The molecule has 1 aromatic rings. The molecule has 0 spiro atoms. The minimum absolute atomic E-state index is 0.0280. The monoisotopic (exact) mass is 382 g/mol. The molecular weight excluding hydrogens is 348 g/mol. The van der Waals surface area contributed by atoms with Gasteiger partial charge < -0.3 is 10.6 Å². The van der Waals surface area contributed by atoms with E-state index in [0.29, 0.717) is 25.4 Å². The van der Waals surface area contributed by atoms with Gasteiger partial charge in [-0.1, -0.05) is 37.3 Å². The summed E-state index contributed by atoms with van der Waals surface area (Å²) >= 11 is 0. The summed E-state index contributed by atoms with van der Waals surface area (Å²) in [6.07, 6.45) is 8.61. The molecule has 1 aromatic carbocycles. The summed E-state index contributed by atoms with van der Waals surface area (Å²) in [7, 11) is 0. The van der Waals surface area contributed by atoms with Crippen LogP contribution >= 0.6 is 0 Å². The molecule has 0 heterocycles. The molecule has 0 aliphatic heterocycles. The fraction of sp³-hybridized carbons (Fsp3) is 0.667. The van der Waals surface area contributed by atoms with E-state index in [-0.39, 0.29) is 17.2 Å². The Morgan fingerprint density at radius 2 is 1.61 bits per heavy atom. The average molecular weight is 383 g/mol. The molecule has 2 N–H and O–H groups in total. The van der Waals surface area contributed by atoms with E-state index in [0.717, 1.165) is 43.4 Å². The van der Waals surface area contributed by atoms with E-state index in [1.807, 2.05) is 18.2 Å². The van der Waals surface area contributed by atoms with Crippen molar-refractivity contribution in [1.29, 1.82) is 0 Å². The topological polar surface area (TPSA) is 58.2 Å². The maximum absolute atomic E-state index is 12.9. The van der Waals surface area contributed by atoms with Gasteiger partial charge in [0.2, 0.25) is 11.8 Å². The summed E-state index contributed by atoms with van der Waals surface area (Å²) in [5.74, 6) is 2.89. The number of benzene rings is 1. The Morgan fingerprint density at radius 3 is 2.18 bits per heavy atom. The van der Waals surface area contributed by atoms with Crippen molar-refractivity contribution in [2.45, 2.75) is 64.2 Å². The van der Waals surface area contributed by atoms with Crippen molar-refractivity contribution in [3.63, 3.8) is 0 Å². The average Bonchev–Trinajstić information content (AvgIpc) is 2.68. The highest BCUT2D eigenvalue weighted by Gasteiger charge is 2.54. The number of carbonyl (C=O) groups excluding carboxylic acids is 2. The second-order valence-corrected chi connectivity index (χ2v) is 9.52. The van der Waals surface area contributed by atoms with Crippen LogP contribution in [0.3, 0.4) is 0 Å². The molecule has 4 aliphatic rings. The minimum atomic E-state index is -0.119. The maximum atomic E-state index is 12.9. The molecule has 4 bridgehead atoms. The lowest BCUT2D eigenvalue weighted by molar-refractivity contribution is -0.146. The van der Waals surface area contributed by atoms with Gasteiger partial charge in [0, 0.05) is 30.8 Å². The molecule has 4 heteroatoms. The van der Waals surface area contributed by atoms with E-state index < -0.39 is 0 Å². The normalized spacial score (nSPS) is 31.4. The highest BCUT2D eigenvalue weighted by molar-refractivity contribution is 5.84. The maximum Gasteiger partial charge on any atom is 0.226 e. The molecule has 5 rings (SSSR count). The fourth-order valence-corrected chi connectivity index (χ4v) is 6.41. The first-order valence-corrected chi connectivity index (χ1v) is 11.2. The van der Waals surface area contributed by atoms with Gasteiger partial charge in [-0.05, 0) is 68.3 Å². The molecule has 4 aliphatic carbocycles. The summed E-state index contributed by atoms with van der Waals surface area (Å²) in [6.45, 7) is 3.26. The molecule has 0 saturated heterocycles. The van der Waals surface area contributed by atoms with Crippen molar-refractivity contribution in [2.24, 2.45) is 23.2 Å². The predicted molar refractivity (Wildman–Crippen MR) is 111 cm³/mol. The first-order chi connectivity index (χ1) is 13.6. The van der Waals surface area contributed by atoms with Crippen LogP contribution in [0, 0.1) is 23.2 Å². The first kappa shape index (κ1) is 19.5. The number of amides is 2. The lowest BCUT2D eigenvalue weighted by Crippen LogP contribution is -2.53. The van der Waals surface area contributed by atoms with Crippen LogP contribution in [0.2, 0.25) is 0 Å².